The summed E-state index contributed by atoms with van der Waals surface area (Å²) in [5.41, 5.74) is -4.06. The summed E-state index contributed by atoms with van der Waals surface area (Å²) in [4.78, 5) is 44.6. The lowest BCUT2D eigenvalue weighted by atomic mass is 9.52. The number of fused-ring (bicyclic) bond motifs is 3. The van der Waals surface area contributed by atoms with E-state index in [1.54, 1.807) is 30.4 Å². The molecule has 10 heteroatoms. The summed E-state index contributed by atoms with van der Waals surface area (Å²) in [5, 5.41) is 21.8. The number of methoxy groups -OCH3 is 2. The lowest BCUT2D eigenvalue weighted by Crippen LogP contribution is -2.66. The van der Waals surface area contributed by atoms with Crippen LogP contribution in [0.5, 0.6) is 0 Å². The molecule has 3 aliphatic heterocycles. The zero-order valence-corrected chi connectivity index (χ0v) is 21.7. The van der Waals surface area contributed by atoms with E-state index in [1.165, 1.54) is 22.1 Å². The first-order valence-electron chi connectivity index (χ1n) is 11.9. The highest BCUT2D eigenvalue weighted by molar-refractivity contribution is 6.31. The quantitative estimate of drug-likeness (QED) is 0.539. The van der Waals surface area contributed by atoms with Gasteiger partial charge in [-0.05, 0) is 29.8 Å². The SMILES string of the molecule is COC(=O)C1=C(C(=O)OC)[C@]2(C(=O)N(Cc3ccccc3)c3ccc(Cl)cc32)C(C#N)(C#N)[C@H]2C=CC=CN12. The fraction of sp³-hybridized carbons (Fsp3) is 0.207. The van der Waals surface area contributed by atoms with Gasteiger partial charge in [0.05, 0.1) is 44.5 Å². The second-order valence-electron chi connectivity index (χ2n) is 9.11. The summed E-state index contributed by atoms with van der Waals surface area (Å²) >= 11 is 6.43. The Kier molecular flexibility index (Phi) is 6.26. The Balaban J connectivity index is 1.97. The van der Waals surface area contributed by atoms with Gasteiger partial charge in [-0.1, -0.05) is 54.1 Å². The number of benzene rings is 2. The fourth-order valence-electron chi connectivity index (χ4n) is 5.79. The molecule has 0 radical (unpaired) electrons. The number of rotatable bonds is 4. The summed E-state index contributed by atoms with van der Waals surface area (Å²) in [5.74, 6) is -2.74. The number of hydrogen-bond acceptors (Lipinski definition) is 8. The van der Waals surface area contributed by atoms with Crippen molar-refractivity contribution >= 4 is 35.1 Å². The molecule has 9 nitrogen and oxygen atoms in total. The van der Waals surface area contributed by atoms with Gasteiger partial charge in [-0.3, -0.25) is 4.79 Å². The molecule has 0 N–H and O–H groups in total. The van der Waals surface area contributed by atoms with Crippen LogP contribution in [0.15, 0.2) is 84.2 Å². The van der Waals surface area contributed by atoms with Crippen molar-refractivity contribution in [2.75, 3.05) is 19.1 Å². The Morgan fingerprint density at radius 1 is 1.03 bits per heavy atom. The predicted octanol–water partition coefficient (Wildman–Crippen LogP) is 3.53. The molecule has 2 aromatic carbocycles. The number of carbonyl (C=O) groups excluding carboxylic acids is 3. The van der Waals surface area contributed by atoms with E-state index in [-0.39, 0.29) is 22.8 Å². The average molecular weight is 541 g/mol. The maximum Gasteiger partial charge on any atom is 0.355 e. The van der Waals surface area contributed by atoms with Crippen molar-refractivity contribution < 1.29 is 23.9 Å². The second-order valence-corrected chi connectivity index (χ2v) is 9.54. The molecule has 3 aliphatic rings. The minimum absolute atomic E-state index is 0.0646. The summed E-state index contributed by atoms with van der Waals surface area (Å²) in [6.07, 6.45) is 6.18. The van der Waals surface area contributed by atoms with E-state index in [4.69, 9.17) is 21.1 Å². The van der Waals surface area contributed by atoms with Crippen molar-refractivity contribution in [2.45, 2.75) is 18.0 Å². The van der Waals surface area contributed by atoms with Crippen molar-refractivity contribution in [2.24, 2.45) is 5.41 Å². The molecule has 0 aliphatic carbocycles. The largest absolute Gasteiger partial charge is 0.466 e. The molecule has 3 heterocycles. The zero-order chi connectivity index (χ0) is 27.9. The standard InChI is InChI=1S/C29H21ClN4O5/c1-38-25(35)23-24(26(36)39-2)33-13-7-6-10-22(33)28(16-31,17-32)29(23)20-14-19(30)11-12-21(20)34(27(29)37)15-18-8-4-3-5-9-18/h3-14,22H,15H2,1-2H3/t22-,29-/m1/s1. The van der Waals surface area contributed by atoms with Crippen LogP contribution in [0, 0.1) is 28.1 Å². The minimum Gasteiger partial charge on any atom is -0.466 e. The number of nitriles is 2. The molecule has 1 spiro atoms. The molecule has 5 rings (SSSR count). The Labute approximate surface area is 229 Å². The van der Waals surface area contributed by atoms with Gasteiger partial charge in [0, 0.05) is 22.5 Å². The highest BCUT2D eigenvalue weighted by atomic mass is 35.5. The van der Waals surface area contributed by atoms with Gasteiger partial charge in [0.25, 0.3) is 0 Å². The van der Waals surface area contributed by atoms with Crippen LogP contribution in [0.3, 0.4) is 0 Å². The topological polar surface area (TPSA) is 124 Å². The van der Waals surface area contributed by atoms with Gasteiger partial charge >= 0.3 is 11.9 Å². The van der Waals surface area contributed by atoms with E-state index >= 15 is 0 Å². The summed E-state index contributed by atoms with van der Waals surface area (Å²) < 4.78 is 10.2. The van der Waals surface area contributed by atoms with Crippen LogP contribution in [0.2, 0.25) is 5.02 Å². The number of allylic oxidation sites excluding steroid dienone is 2. The Morgan fingerprint density at radius 3 is 2.36 bits per heavy atom. The van der Waals surface area contributed by atoms with Crippen molar-refractivity contribution in [3.05, 3.63) is 100 Å². The van der Waals surface area contributed by atoms with Crippen LogP contribution in [-0.2, 0) is 35.8 Å². The first-order valence-corrected chi connectivity index (χ1v) is 12.2. The fourth-order valence-corrected chi connectivity index (χ4v) is 5.96. The molecule has 0 unspecified atom stereocenters. The highest BCUT2D eigenvalue weighted by Gasteiger charge is 2.74. The number of hydrogen-bond donors (Lipinski definition) is 0. The van der Waals surface area contributed by atoms with E-state index in [1.807, 2.05) is 30.3 Å². The molecule has 0 aromatic heterocycles. The van der Waals surface area contributed by atoms with E-state index < -0.39 is 40.3 Å². The van der Waals surface area contributed by atoms with Crippen LogP contribution in [0.4, 0.5) is 5.69 Å². The van der Waals surface area contributed by atoms with E-state index in [9.17, 15) is 24.9 Å². The third kappa shape index (κ3) is 3.34. The summed E-state index contributed by atoms with van der Waals surface area (Å²) in [6, 6.07) is 16.8. The maximum absolute atomic E-state index is 14.9. The third-order valence-corrected chi connectivity index (χ3v) is 7.61. The predicted molar refractivity (Wildman–Crippen MR) is 139 cm³/mol. The van der Waals surface area contributed by atoms with Crippen molar-refractivity contribution in [1.82, 2.24) is 4.90 Å². The molecule has 1 amide bonds. The number of amides is 1. The van der Waals surface area contributed by atoms with Gasteiger partial charge in [0.1, 0.15) is 11.1 Å². The number of halogens is 1. The Bertz CT molecular complexity index is 1570. The van der Waals surface area contributed by atoms with Gasteiger partial charge in [0.2, 0.25) is 5.91 Å². The Morgan fingerprint density at radius 2 is 1.72 bits per heavy atom. The minimum atomic E-state index is -2.29. The van der Waals surface area contributed by atoms with Gasteiger partial charge in [-0.25, -0.2) is 9.59 Å². The average Bonchev–Trinajstić information content (AvgIpc) is 3.20. The zero-order valence-electron chi connectivity index (χ0n) is 20.9. The number of anilines is 1. The van der Waals surface area contributed by atoms with Gasteiger partial charge in [-0.2, -0.15) is 10.5 Å². The lowest BCUT2D eigenvalue weighted by Gasteiger charge is -2.51. The molecule has 39 heavy (non-hydrogen) atoms. The molecular formula is C29H21ClN4O5. The van der Waals surface area contributed by atoms with Crippen LogP contribution in [0.25, 0.3) is 0 Å². The molecule has 194 valence electrons. The van der Waals surface area contributed by atoms with E-state index in [2.05, 4.69) is 12.1 Å². The Hall–Kier alpha value is -4.86. The van der Waals surface area contributed by atoms with Crippen LogP contribution < -0.4 is 4.90 Å². The summed E-state index contributed by atoms with van der Waals surface area (Å²) in [6.45, 7) is 0.0646. The van der Waals surface area contributed by atoms with Crippen LogP contribution in [0.1, 0.15) is 11.1 Å². The third-order valence-electron chi connectivity index (χ3n) is 7.38. The first-order chi connectivity index (χ1) is 18.8. The van der Waals surface area contributed by atoms with E-state index in [0.29, 0.717) is 5.69 Å². The number of carbonyl (C=O) groups is 3. The van der Waals surface area contributed by atoms with Crippen molar-refractivity contribution in [3.8, 4) is 12.1 Å². The molecule has 0 saturated carbocycles. The second kappa shape index (κ2) is 9.46. The smallest absolute Gasteiger partial charge is 0.355 e. The lowest BCUT2D eigenvalue weighted by molar-refractivity contribution is -0.144. The number of esters is 2. The molecule has 2 atom stereocenters. The first kappa shape index (κ1) is 25.8. The molecule has 0 fully saturated rings. The maximum atomic E-state index is 14.9. The number of nitrogens with zero attached hydrogens (tertiary/aromatic N) is 4. The van der Waals surface area contributed by atoms with Crippen molar-refractivity contribution in [1.29, 1.82) is 10.5 Å². The van der Waals surface area contributed by atoms with Gasteiger partial charge in [-0.15, -0.1) is 0 Å². The normalized spacial score (nSPS) is 22.2. The van der Waals surface area contributed by atoms with E-state index in [0.717, 1.165) is 19.8 Å². The molecule has 0 saturated heterocycles. The van der Waals surface area contributed by atoms with Gasteiger partial charge < -0.3 is 19.3 Å². The van der Waals surface area contributed by atoms with Crippen molar-refractivity contribution in [3.63, 3.8) is 0 Å². The monoisotopic (exact) mass is 540 g/mol. The summed E-state index contributed by atoms with van der Waals surface area (Å²) in [7, 11) is 2.23. The molecule has 0 bridgehead atoms. The highest BCUT2D eigenvalue weighted by Crippen LogP contribution is 2.62. The molecular weight excluding hydrogens is 520 g/mol. The van der Waals surface area contributed by atoms with Crippen LogP contribution in [-0.4, -0.2) is 43.0 Å². The molecule has 2 aromatic rings. The van der Waals surface area contributed by atoms with Crippen LogP contribution >= 0.6 is 11.6 Å². The van der Waals surface area contributed by atoms with Gasteiger partial charge in [0.15, 0.2) is 5.41 Å². The number of ether oxygens (including phenoxy) is 2.